The van der Waals surface area contributed by atoms with Gasteiger partial charge in [0.25, 0.3) is 0 Å². The topological polar surface area (TPSA) is 0 Å². The first-order valence-corrected chi connectivity index (χ1v) is 7.18. The van der Waals surface area contributed by atoms with Crippen molar-refractivity contribution in [1.29, 1.82) is 0 Å². The molecule has 0 amide bonds. The molecule has 0 aromatic rings. The summed E-state index contributed by atoms with van der Waals surface area (Å²) < 4.78 is 0. The van der Waals surface area contributed by atoms with Gasteiger partial charge in [-0.1, -0.05) is 39.5 Å². The zero-order valence-electron chi connectivity index (χ0n) is 10.3. The van der Waals surface area contributed by atoms with E-state index >= 15 is 0 Å². The van der Waals surface area contributed by atoms with Crippen molar-refractivity contribution in [2.45, 2.75) is 65.2 Å². The fraction of sp³-hybridized carbons (Fsp3) is 1.00. The Bertz CT molecular complexity index is 286. The van der Waals surface area contributed by atoms with Gasteiger partial charge in [0.1, 0.15) is 0 Å². The van der Waals surface area contributed by atoms with Gasteiger partial charge in [0.15, 0.2) is 0 Å². The van der Waals surface area contributed by atoms with Crippen LogP contribution in [0, 0.1) is 28.1 Å². The molecule has 84 valence electrons. The molecule has 4 aliphatic rings. The van der Waals surface area contributed by atoms with Crippen LogP contribution >= 0.6 is 0 Å². The highest BCUT2D eigenvalue weighted by molar-refractivity contribution is 5.40. The maximum absolute atomic E-state index is 2.64. The number of fused-ring (bicyclic) bond motifs is 6. The molecular formula is C15H24. The quantitative estimate of drug-likeness (QED) is 0.549. The third-order valence-corrected chi connectivity index (χ3v) is 7.24. The fourth-order valence-corrected chi connectivity index (χ4v) is 6.85. The van der Waals surface area contributed by atoms with Crippen LogP contribution in [-0.2, 0) is 0 Å². The van der Waals surface area contributed by atoms with Crippen molar-refractivity contribution in [3.05, 3.63) is 0 Å². The Balaban J connectivity index is 1.74. The summed E-state index contributed by atoms with van der Waals surface area (Å²) in [7, 11) is 0. The van der Waals surface area contributed by atoms with E-state index in [-0.39, 0.29) is 0 Å². The van der Waals surface area contributed by atoms with E-state index in [9.17, 15) is 0 Å². The zero-order valence-corrected chi connectivity index (χ0v) is 10.3. The highest BCUT2D eigenvalue weighted by Crippen LogP contribution is 2.98. The molecule has 0 nitrogen and oxygen atoms in total. The van der Waals surface area contributed by atoms with E-state index in [2.05, 4.69) is 13.8 Å². The fourth-order valence-electron chi connectivity index (χ4n) is 6.85. The predicted molar refractivity (Wildman–Crippen MR) is 62.6 cm³/mol. The molecule has 0 bridgehead atoms. The van der Waals surface area contributed by atoms with Crippen LogP contribution in [0.25, 0.3) is 0 Å². The molecular weight excluding hydrogens is 180 g/mol. The van der Waals surface area contributed by atoms with Crippen molar-refractivity contribution in [2.24, 2.45) is 28.1 Å². The SMILES string of the molecule is CC12CCCCC1C21C2CCCCC21C. The minimum Gasteiger partial charge on any atom is -0.0588 e. The minimum atomic E-state index is 0.801. The molecule has 4 saturated carbocycles. The monoisotopic (exact) mass is 204 g/mol. The molecule has 0 aromatic heterocycles. The van der Waals surface area contributed by atoms with Crippen LogP contribution in [0.1, 0.15) is 65.2 Å². The Morgan fingerprint density at radius 3 is 1.53 bits per heavy atom. The first-order valence-electron chi connectivity index (χ1n) is 7.18. The van der Waals surface area contributed by atoms with E-state index in [0.29, 0.717) is 0 Å². The number of hydrogen-bond donors (Lipinski definition) is 0. The van der Waals surface area contributed by atoms with Crippen LogP contribution in [0.3, 0.4) is 0 Å². The average Bonchev–Trinajstić information content (AvgIpc) is 3.00. The van der Waals surface area contributed by atoms with Crippen molar-refractivity contribution in [3.63, 3.8) is 0 Å². The van der Waals surface area contributed by atoms with E-state index in [1.807, 2.05) is 0 Å². The third kappa shape index (κ3) is 0.691. The van der Waals surface area contributed by atoms with Crippen LogP contribution in [0.2, 0.25) is 0 Å². The van der Waals surface area contributed by atoms with Crippen molar-refractivity contribution < 1.29 is 0 Å². The molecule has 4 atom stereocenters. The summed E-state index contributed by atoms with van der Waals surface area (Å²) in [5, 5.41) is 0. The number of hydrogen-bond acceptors (Lipinski definition) is 0. The highest BCUT2D eigenvalue weighted by atomic mass is 15.0. The van der Waals surface area contributed by atoms with Gasteiger partial charge in [-0.05, 0) is 53.8 Å². The molecule has 0 N–H and O–H groups in total. The Labute approximate surface area is 93.8 Å². The smallest absolute Gasteiger partial charge is 0.0117 e. The standard InChI is InChI=1S/C15H24/c1-13-9-5-3-7-11(13)15(13)12-8-4-6-10-14(12,15)2/h11-12H,3-10H2,1-2H3. The van der Waals surface area contributed by atoms with Gasteiger partial charge >= 0.3 is 0 Å². The van der Waals surface area contributed by atoms with Crippen molar-refractivity contribution >= 4 is 0 Å². The van der Waals surface area contributed by atoms with Gasteiger partial charge in [-0.15, -0.1) is 0 Å². The summed E-state index contributed by atoms with van der Waals surface area (Å²) in [5.41, 5.74) is 2.47. The van der Waals surface area contributed by atoms with Gasteiger partial charge in [0, 0.05) is 0 Å². The Hall–Kier alpha value is 0. The molecule has 15 heavy (non-hydrogen) atoms. The second-order valence-electron chi connectivity index (χ2n) is 7.30. The second-order valence-corrected chi connectivity index (χ2v) is 7.30. The van der Waals surface area contributed by atoms with Gasteiger partial charge in [0.05, 0.1) is 0 Å². The summed E-state index contributed by atoms with van der Waals surface area (Å²) in [4.78, 5) is 0. The lowest BCUT2D eigenvalue weighted by atomic mass is 9.87. The van der Waals surface area contributed by atoms with Crippen molar-refractivity contribution in [3.8, 4) is 0 Å². The summed E-state index contributed by atoms with van der Waals surface area (Å²) >= 11 is 0. The largest absolute Gasteiger partial charge is 0.0588 e. The predicted octanol–water partition coefficient (Wildman–Crippen LogP) is 4.39. The van der Waals surface area contributed by atoms with E-state index in [4.69, 9.17) is 0 Å². The highest BCUT2D eigenvalue weighted by Gasteiger charge is 2.93. The first kappa shape index (κ1) is 9.07. The van der Waals surface area contributed by atoms with Gasteiger partial charge in [0.2, 0.25) is 0 Å². The third-order valence-electron chi connectivity index (χ3n) is 7.24. The van der Waals surface area contributed by atoms with E-state index in [1.54, 1.807) is 25.7 Å². The minimum absolute atomic E-state index is 0.801. The molecule has 4 rings (SSSR count). The normalized spacial score (nSPS) is 66.0. The Kier molecular flexibility index (Phi) is 1.40. The molecule has 4 fully saturated rings. The molecule has 4 unspecified atom stereocenters. The van der Waals surface area contributed by atoms with Gasteiger partial charge in [-0.25, -0.2) is 0 Å². The molecule has 0 heterocycles. The summed E-state index contributed by atoms with van der Waals surface area (Å²) in [6.45, 7) is 5.28. The first-order chi connectivity index (χ1) is 7.18. The lowest BCUT2D eigenvalue weighted by Crippen LogP contribution is -2.07. The summed E-state index contributed by atoms with van der Waals surface area (Å²) in [6, 6.07) is 0. The van der Waals surface area contributed by atoms with Gasteiger partial charge in [-0.2, -0.15) is 0 Å². The van der Waals surface area contributed by atoms with E-state index < -0.39 is 0 Å². The van der Waals surface area contributed by atoms with Crippen LogP contribution < -0.4 is 0 Å². The van der Waals surface area contributed by atoms with Crippen LogP contribution in [0.4, 0.5) is 0 Å². The molecule has 0 saturated heterocycles. The number of rotatable bonds is 0. The molecule has 0 aliphatic heterocycles. The van der Waals surface area contributed by atoms with Crippen molar-refractivity contribution in [2.75, 3.05) is 0 Å². The van der Waals surface area contributed by atoms with Crippen LogP contribution in [0.15, 0.2) is 0 Å². The van der Waals surface area contributed by atoms with Crippen LogP contribution in [0.5, 0.6) is 0 Å². The second kappa shape index (κ2) is 2.31. The van der Waals surface area contributed by atoms with Gasteiger partial charge in [-0.3, -0.25) is 0 Å². The lowest BCUT2D eigenvalue weighted by Gasteiger charge is -2.17. The van der Waals surface area contributed by atoms with E-state index in [0.717, 1.165) is 28.1 Å². The Morgan fingerprint density at radius 1 is 0.733 bits per heavy atom. The van der Waals surface area contributed by atoms with E-state index in [1.165, 1.54) is 25.7 Å². The molecule has 4 aliphatic carbocycles. The Morgan fingerprint density at radius 2 is 1.20 bits per heavy atom. The van der Waals surface area contributed by atoms with Crippen LogP contribution in [-0.4, -0.2) is 0 Å². The molecule has 0 radical (unpaired) electrons. The molecule has 1 spiro atoms. The zero-order chi connectivity index (χ0) is 10.3. The van der Waals surface area contributed by atoms with Gasteiger partial charge < -0.3 is 0 Å². The maximum Gasteiger partial charge on any atom is -0.0117 e. The lowest BCUT2D eigenvalue weighted by molar-refractivity contribution is 0.329. The van der Waals surface area contributed by atoms with Crippen molar-refractivity contribution in [1.82, 2.24) is 0 Å². The summed E-state index contributed by atoms with van der Waals surface area (Å²) in [6.07, 6.45) is 12.4. The molecule has 0 heteroatoms. The summed E-state index contributed by atoms with van der Waals surface area (Å²) in [5.74, 6) is 2.29. The average molecular weight is 204 g/mol. The maximum atomic E-state index is 2.64. The molecule has 0 aromatic carbocycles.